The van der Waals surface area contributed by atoms with E-state index in [0.29, 0.717) is 24.4 Å². The van der Waals surface area contributed by atoms with E-state index in [1.807, 2.05) is 69.6 Å². The molecule has 0 radical (unpaired) electrons. The number of nitrogens with one attached hydrogen (secondary N) is 1. The van der Waals surface area contributed by atoms with Crippen LogP contribution in [-0.4, -0.2) is 45.0 Å². The van der Waals surface area contributed by atoms with Gasteiger partial charge in [0.15, 0.2) is 0 Å². The second-order valence-electron chi connectivity index (χ2n) is 9.30. The van der Waals surface area contributed by atoms with E-state index >= 15 is 0 Å². The fourth-order valence-corrected chi connectivity index (χ4v) is 3.93. The molecule has 4 rings (SSSR count). The monoisotopic (exact) mass is 450 g/mol. The molecular formula is C25H30N4O4. The van der Waals surface area contributed by atoms with E-state index in [0.717, 1.165) is 22.5 Å². The van der Waals surface area contributed by atoms with Crippen LogP contribution in [-0.2, 0) is 11.3 Å². The number of amides is 2. The van der Waals surface area contributed by atoms with E-state index in [4.69, 9.17) is 9.47 Å². The zero-order valence-corrected chi connectivity index (χ0v) is 19.7. The lowest BCUT2D eigenvalue weighted by Crippen LogP contribution is -2.37. The molecule has 2 aromatic heterocycles. The van der Waals surface area contributed by atoms with Crippen molar-refractivity contribution in [2.45, 2.75) is 52.8 Å². The fourth-order valence-electron chi connectivity index (χ4n) is 3.93. The van der Waals surface area contributed by atoms with Crippen LogP contribution in [0.4, 0.5) is 4.79 Å². The molecule has 1 aliphatic heterocycles. The zero-order chi connectivity index (χ0) is 23.8. The van der Waals surface area contributed by atoms with Gasteiger partial charge in [-0.3, -0.25) is 4.79 Å². The van der Waals surface area contributed by atoms with Crippen molar-refractivity contribution < 1.29 is 19.1 Å². The number of hydrogen-bond acceptors (Lipinski definition) is 5. The largest absolute Gasteiger partial charge is 0.491 e. The topological polar surface area (TPSA) is 85.2 Å². The number of carbonyl (C=O) groups excluding carboxylic acids is 2. The molecular weight excluding hydrogens is 420 g/mol. The number of rotatable bonds is 3. The van der Waals surface area contributed by atoms with Crippen molar-refractivity contribution in [1.29, 1.82) is 0 Å². The van der Waals surface area contributed by atoms with Gasteiger partial charge in [-0.2, -0.15) is 0 Å². The highest BCUT2D eigenvalue weighted by Crippen LogP contribution is 2.29. The molecule has 0 saturated carbocycles. The maximum absolute atomic E-state index is 13.2. The highest BCUT2D eigenvalue weighted by atomic mass is 16.6. The van der Waals surface area contributed by atoms with Crippen LogP contribution in [0.15, 0.2) is 42.7 Å². The molecule has 1 atom stereocenters. The minimum absolute atomic E-state index is 0.255. The van der Waals surface area contributed by atoms with E-state index in [9.17, 15) is 9.59 Å². The number of hydrogen-bond donors (Lipinski definition) is 1. The summed E-state index contributed by atoms with van der Waals surface area (Å²) in [6.07, 6.45) is 3.36. The summed E-state index contributed by atoms with van der Waals surface area (Å²) in [6, 6.07) is 9.07. The summed E-state index contributed by atoms with van der Waals surface area (Å²) >= 11 is 0. The smallest absolute Gasteiger partial charge is 0.410 e. The molecule has 33 heavy (non-hydrogen) atoms. The summed E-state index contributed by atoms with van der Waals surface area (Å²) in [5, 5.41) is 3.04. The Labute approximate surface area is 193 Å². The average molecular weight is 451 g/mol. The van der Waals surface area contributed by atoms with Gasteiger partial charge in [0.1, 0.15) is 23.8 Å². The van der Waals surface area contributed by atoms with Crippen molar-refractivity contribution in [3.05, 3.63) is 65.2 Å². The molecule has 0 aliphatic carbocycles. The van der Waals surface area contributed by atoms with Gasteiger partial charge in [-0.25, -0.2) is 9.78 Å². The quantitative estimate of drug-likeness (QED) is 0.644. The van der Waals surface area contributed by atoms with Gasteiger partial charge in [-0.05, 0) is 52.3 Å². The van der Waals surface area contributed by atoms with E-state index in [1.165, 1.54) is 0 Å². The number of fused-ring (bicyclic) bond motifs is 2. The Bertz CT molecular complexity index is 1190. The molecule has 174 valence electrons. The lowest BCUT2D eigenvalue weighted by atomic mass is 10.1. The van der Waals surface area contributed by atoms with Crippen molar-refractivity contribution in [3.63, 3.8) is 0 Å². The summed E-state index contributed by atoms with van der Waals surface area (Å²) < 4.78 is 13.4. The van der Waals surface area contributed by atoms with Crippen LogP contribution in [0.3, 0.4) is 0 Å². The van der Waals surface area contributed by atoms with Gasteiger partial charge in [-0.1, -0.05) is 18.2 Å². The first-order valence-corrected chi connectivity index (χ1v) is 11.1. The molecule has 0 fully saturated rings. The Morgan fingerprint density at radius 3 is 2.76 bits per heavy atom. The predicted molar refractivity (Wildman–Crippen MR) is 124 cm³/mol. The third-order valence-corrected chi connectivity index (χ3v) is 5.51. The number of aromatic nitrogens is 2. The van der Waals surface area contributed by atoms with E-state index in [-0.39, 0.29) is 18.6 Å². The Morgan fingerprint density at radius 1 is 1.21 bits per heavy atom. The standard InChI is InChI=1S/C25H30N4O4/c1-16-8-7-11-29-20(16)14-26-22(29)17(2)27-23(30)19-10-6-9-18-15-28(12-13-32-21(18)19)24(31)33-25(3,4)5/h6-11,14,17H,12-13,15H2,1-5H3,(H,27,30)/t17-/m0/s1. The maximum atomic E-state index is 13.2. The molecule has 1 aliphatic rings. The van der Waals surface area contributed by atoms with Crippen molar-refractivity contribution in [1.82, 2.24) is 19.6 Å². The van der Waals surface area contributed by atoms with Crippen molar-refractivity contribution in [2.75, 3.05) is 13.2 Å². The molecule has 0 bridgehead atoms. The number of aryl methyl sites for hydroxylation is 1. The first kappa shape index (κ1) is 22.6. The van der Waals surface area contributed by atoms with Gasteiger partial charge in [0.25, 0.3) is 5.91 Å². The molecule has 8 nitrogen and oxygen atoms in total. The molecule has 8 heteroatoms. The number of nitrogens with zero attached hydrogens (tertiary/aromatic N) is 3. The van der Waals surface area contributed by atoms with Crippen molar-refractivity contribution >= 4 is 17.5 Å². The number of ether oxygens (including phenoxy) is 2. The van der Waals surface area contributed by atoms with E-state index in [1.54, 1.807) is 17.0 Å². The first-order chi connectivity index (χ1) is 15.6. The molecule has 3 heterocycles. The van der Waals surface area contributed by atoms with Gasteiger partial charge < -0.3 is 24.1 Å². The van der Waals surface area contributed by atoms with Gasteiger partial charge in [0.2, 0.25) is 0 Å². The van der Waals surface area contributed by atoms with Crippen LogP contribution in [0.25, 0.3) is 5.52 Å². The van der Waals surface area contributed by atoms with Crippen LogP contribution < -0.4 is 10.1 Å². The van der Waals surface area contributed by atoms with Crippen LogP contribution in [0, 0.1) is 6.92 Å². The van der Waals surface area contributed by atoms with Gasteiger partial charge in [0, 0.05) is 11.8 Å². The SMILES string of the molecule is Cc1cccn2c([C@H](C)NC(=O)c3cccc4c3OCCN(C(=O)OC(C)(C)C)C4)ncc12. The Hall–Kier alpha value is -3.55. The third kappa shape index (κ3) is 4.79. The molecule has 1 aromatic carbocycles. The van der Waals surface area contributed by atoms with Crippen LogP contribution in [0.2, 0.25) is 0 Å². The van der Waals surface area contributed by atoms with Crippen molar-refractivity contribution in [2.24, 2.45) is 0 Å². The number of para-hydroxylation sites is 1. The van der Waals surface area contributed by atoms with Gasteiger partial charge in [0.05, 0.1) is 36.4 Å². The number of pyridine rings is 1. The van der Waals surface area contributed by atoms with E-state index in [2.05, 4.69) is 10.3 Å². The molecule has 2 amide bonds. The van der Waals surface area contributed by atoms with Crippen LogP contribution >= 0.6 is 0 Å². The molecule has 0 unspecified atom stereocenters. The molecule has 0 saturated heterocycles. The Kier molecular flexibility index (Phi) is 6.01. The fraction of sp³-hybridized carbons (Fsp3) is 0.400. The minimum Gasteiger partial charge on any atom is -0.491 e. The third-order valence-electron chi connectivity index (χ3n) is 5.51. The minimum atomic E-state index is -0.583. The molecule has 0 spiro atoms. The molecule has 1 N–H and O–H groups in total. The summed E-state index contributed by atoms with van der Waals surface area (Å²) in [4.78, 5) is 31.9. The maximum Gasteiger partial charge on any atom is 0.410 e. The van der Waals surface area contributed by atoms with Gasteiger partial charge in [-0.15, -0.1) is 0 Å². The average Bonchev–Trinajstić information content (AvgIpc) is 3.05. The summed E-state index contributed by atoms with van der Waals surface area (Å²) in [7, 11) is 0. The number of carbonyl (C=O) groups is 2. The lowest BCUT2D eigenvalue weighted by Gasteiger charge is -2.26. The molecule has 3 aromatic rings. The Balaban J connectivity index is 1.54. The van der Waals surface area contributed by atoms with E-state index < -0.39 is 11.7 Å². The van der Waals surface area contributed by atoms with Gasteiger partial charge >= 0.3 is 6.09 Å². The second kappa shape index (κ2) is 8.77. The normalized spacial score (nSPS) is 14.8. The number of benzene rings is 1. The summed E-state index contributed by atoms with van der Waals surface area (Å²) in [5.74, 6) is 0.993. The summed E-state index contributed by atoms with van der Waals surface area (Å²) in [5.41, 5.74) is 2.74. The van der Waals surface area contributed by atoms with Crippen molar-refractivity contribution in [3.8, 4) is 5.75 Å². The first-order valence-electron chi connectivity index (χ1n) is 11.1. The Morgan fingerprint density at radius 2 is 2.00 bits per heavy atom. The van der Waals surface area contributed by atoms with Crippen LogP contribution in [0.1, 0.15) is 61.0 Å². The predicted octanol–water partition coefficient (Wildman–Crippen LogP) is 4.26. The highest BCUT2D eigenvalue weighted by Gasteiger charge is 2.28. The van der Waals surface area contributed by atoms with Crippen LogP contribution in [0.5, 0.6) is 5.75 Å². The zero-order valence-electron chi connectivity index (χ0n) is 19.7. The second-order valence-corrected chi connectivity index (χ2v) is 9.30. The highest BCUT2D eigenvalue weighted by molar-refractivity contribution is 5.97. The lowest BCUT2D eigenvalue weighted by molar-refractivity contribution is 0.0225. The summed E-state index contributed by atoms with van der Waals surface area (Å²) in [6.45, 7) is 10.4. The number of imidazole rings is 1.